The summed E-state index contributed by atoms with van der Waals surface area (Å²) in [6.07, 6.45) is 12.6. The topological polar surface area (TPSA) is 57.2 Å². The van der Waals surface area contributed by atoms with E-state index in [1.165, 1.54) is 19.3 Å². The summed E-state index contributed by atoms with van der Waals surface area (Å²) in [5.74, 6) is 2.66. The second-order valence-electron chi connectivity index (χ2n) is 9.24. The highest BCUT2D eigenvalue weighted by Gasteiger charge is 2.43. The van der Waals surface area contributed by atoms with Gasteiger partial charge in [-0.25, -0.2) is 0 Å². The lowest BCUT2D eigenvalue weighted by atomic mass is 9.90. The molecule has 0 aromatic carbocycles. The summed E-state index contributed by atoms with van der Waals surface area (Å²) in [5, 5.41) is 10.9. The van der Waals surface area contributed by atoms with Gasteiger partial charge in [-0.2, -0.15) is 0 Å². The Morgan fingerprint density at radius 3 is 2.64 bits per heavy atom. The lowest BCUT2D eigenvalue weighted by Gasteiger charge is -2.28. The van der Waals surface area contributed by atoms with E-state index in [1.54, 1.807) is 0 Å². The van der Waals surface area contributed by atoms with E-state index in [0.29, 0.717) is 37.6 Å². The van der Waals surface area contributed by atoms with Gasteiger partial charge in [0.1, 0.15) is 11.9 Å². The van der Waals surface area contributed by atoms with Crippen molar-refractivity contribution in [3.05, 3.63) is 11.8 Å². The predicted molar refractivity (Wildman–Crippen MR) is 107 cm³/mol. The van der Waals surface area contributed by atoms with Crippen LogP contribution >= 0.6 is 0 Å². The average Bonchev–Trinajstić information content (AvgIpc) is 3.26. The standard InChI is InChI=1S/C23H38O5/c1-16-5-4-6-21(24)22(28-23-7-2-3-10-27-23)14-18-9-8-17-13-19(15-20(17)18)26-12-11-25-16/h14,16-21,23-24H,2-13,15H2,1H3/t16?,17?,18-,19?,20?,21+,23?/m1/s1. The zero-order chi connectivity index (χ0) is 19.3. The molecule has 160 valence electrons. The predicted octanol–water partition coefficient (Wildman–Crippen LogP) is 4.18. The molecule has 2 heterocycles. The van der Waals surface area contributed by atoms with Gasteiger partial charge in [0, 0.05) is 6.42 Å². The van der Waals surface area contributed by atoms with Crippen LogP contribution in [0.1, 0.15) is 71.1 Å². The number of hydrogen-bond donors (Lipinski definition) is 1. The summed E-state index contributed by atoms with van der Waals surface area (Å²) in [6, 6.07) is 0. The monoisotopic (exact) mass is 394 g/mol. The zero-order valence-electron chi connectivity index (χ0n) is 17.4. The van der Waals surface area contributed by atoms with Crippen molar-refractivity contribution in [1.29, 1.82) is 0 Å². The normalized spacial score (nSPS) is 43.1. The first kappa shape index (κ1) is 20.6. The number of hydrogen-bond acceptors (Lipinski definition) is 5. The van der Waals surface area contributed by atoms with Crippen molar-refractivity contribution in [2.45, 2.75) is 95.7 Å². The Bertz CT molecular complexity index is 515. The Balaban J connectivity index is 1.48. The van der Waals surface area contributed by atoms with Crippen molar-refractivity contribution in [3.63, 3.8) is 0 Å². The number of ether oxygens (including phenoxy) is 4. The molecule has 28 heavy (non-hydrogen) atoms. The minimum absolute atomic E-state index is 0.198. The van der Waals surface area contributed by atoms with Crippen molar-refractivity contribution < 1.29 is 24.1 Å². The van der Waals surface area contributed by atoms with Gasteiger partial charge in [-0.05, 0) is 88.5 Å². The average molecular weight is 395 g/mol. The molecule has 1 saturated heterocycles. The highest BCUT2D eigenvalue weighted by Crippen LogP contribution is 2.49. The van der Waals surface area contributed by atoms with Gasteiger partial charge in [0.2, 0.25) is 0 Å². The third-order valence-electron chi connectivity index (χ3n) is 7.17. The van der Waals surface area contributed by atoms with Crippen molar-refractivity contribution in [2.75, 3.05) is 19.8 Å². The Hall–Kier alpha value is -0.620. The maximum Gasteiger partial charge on any atom is 0.199 e. The molecule has 3 fully saturated rings. The zero-order valence-corrected chi connectivity index (χ0v) is 17.4. The molecular formula is C23H38O5. The molecule has 2 bridgehead atoms. The summed E-state index contributed by atoms with van der Waals surface area (Å²) < 4.78 is 24.1. The SMILES string of the molecule is CC1CCC[C@H](O)C(OC2CCCCO2)=C[C@H]2CCC3CC(CC32)OCCO1. The van der Waals surface area contributed by atoms with Gasteiger partial charge in [-0.15, -0.1) is 0 Å². The number of allylic oxidation sites excluding steroid dienone is 1. The van der Waals surface area contributed by atoms with Gasteiger partial charge in [0.15, 0.2) is 6.29 Å². The number of fused-ring (bicyclic) bond motifs is 1. The van der Waals surface area contributed by atoms with Crippen molar-refractivity contribution in [1.82, 2.24) is 0 Å². The Morgan fingerprint density at radius 2 is 1.79 bits per heavy atom. The Morgan fingerprint density at radius 1 is 0.893 bits per heavy atom. The molecule has 0 aromatic heterocycles. The fraction of sp³-hybridized carbons (Fsp3) is 0.913. The lowest BCUT2D eigenvalue weighted by Crippen LogP contribution is -2.26. The van der Waals surface area contributed by atoms with Crippen LogP contribution < -0.4 is 0 Å². The summed E-state index contributed by atoms with van der Waals surface area (Å²) in [7, 11) is 0. The van der Waals surface area contributed by atoms with E-state index in [4.69, 9.17) is 18.9 Å². The first-order chi connectivity index (χ1) is 13.7. The van der Waals surface area contributed by atoms with Crippen molar-refractivity contribution in [3.8, 4) is 0 Å². The molecule has 2 aliphatic heterocycles. The van der Waals surface area contributed by atoms with Crippen LogP contribution in [0.3, 0.4) is 0 Å². The first-order valence-electron chi connectivity index (χ1n) is 11.6. The summed E-state index contributed by atoms with van der Waals surface area (Å²) >= 11 is 0. The molecular weight excluding hydrogens is 356 g/mol. The summed E-state index contributed by atoms with van der Waals surface area (Å²) in [4.78, 5) is 0. The number of rotatable bonds is 2. The van der Waals surface area contributed by atoms with E-state index in [2.05, 4.69) is 13.0 Å². The second kappa shape index (κ2) is 9.92. The highest BCUT2D eigenvalue weighted by molar-refractivity contribution is 5.09. The van der Waals surface area contributed by atoms with Crippen LogP contribution in [-0.2, 0) is 18.9 Å². The van der Waals surface area contributed by atoms with Gasteiger partial charge in [0.25, 0.3) is 0 Å². The van der Waals surface area contributed by atoms with E-state index in [-0.39, 0.29) is 12.4 Å². The molecule has 7 atom stereocenters. The van der Waals surface area contributed by atoms with Gasteiger partial charge in [0.05, 0.1) is 32.0 Å². The fourth-order valence-electron chi connectivity index (χ4n) is 5.61. The number of aliphatic hydroxyl groups excluding tert-OH is 1. The van der Waals surface area contributed by atoms with E-state index in [1.807, 2.05) is 0 Å². The van der Waals surface area contributed by atoms with E-state index in [0.717, 1.165) is 56.8 Å². The van der Waals surface area contributed by atoms with Crippen LogP contribution in [0, 0.1) is 17.8 Å². The van der Waals surface area contributed by atoms with Crippen LogP contribution in [0.25, 0.3) is 0 Å². The molecule has 1 N–H and O–H groups in total. The van der Waals surface area contributed by atoms with Crippen LogP contribution in [0.15, 0.2) is 11.8 Å². The molecule has 5 nitrogen and oxygen atoms in total. The largest absolute Gasteiger partial charge is 0.467 e. The lowest BCUT2D eigenvalue weighted by molar-refractivity contribution is -0.149. The van der Waals surface area contributed by atoms with Crippen LogP contribution in [0.4, 0.5) is 0 Å². The third kappa shape index (κ3) is 5.29. The minimum atomic E-state index is -0.546. The Labute approximate surface area is 169 Å². The molecule has 5 heteroatoms. The smallest absolute Gasteiger partial charge is 0.199 e. The van der Waals surface area contributed by atoms with E-state index >= 15 is 0 Å². The minimum Gasteiger partial charge on any atom is -0.467 e. The van der Waals surface area contributed by atoms with E-state index < -0.39 is 6.10 Å². The van der Waals surface area contributed by atoms with E-state index in [9.17, 15) is 5.11 Å². The maximum absolute atomic E-state index is 10.9. The fourth-order valence-corrected chi connectivity index (χ4v) is 5.61. The van der Waals surface area contributed by atoms with Crippen LogP contribution in [-0.4, -0.2) is 49.5 Å². The molecule has 0 spiro atoms. The van der Waals surface area contributed by atoms with Crippen LogP contribution in [0.2, 0.25) is 0 Å². The molecule has 0 radical (unpaired) electrons. The quantitative estimate of drug-likeness (QED) is 0.761. The van der Waals surface area contributed by atoms with Gasteiger partial charge < -0.3 is 24.1 Å². The van der Waals surface area contributed by atoms with Crippen LogP contribution in [0.5, 0.6) is 0 Å². The Kier molecular flexibility index (Phi) is 7.32. The first-order valence-corrected chi connectivity index (χ1v) is 11.6. The number of aliphatic hydroxyl groups is 1. The maximum atomic E-state index is 10.9. The van der Waals surface area contributed by atoms with Gasteiger partial charge in [-0.3, -0.25) is 0 Å². The van der Waals surface area contributed by atoms with Crippen molar-refractivity contribution >= 4 is 0 Å². The second-order valence-corrected chi connectivity index (χ2v) is 9.24. The molecule has 5 unspecified atom stereocenters. The molecule has 4 rings (SSSR count). The van der Waals surface area contributed by atoms with Gasteiger partial charge in [-0.1, -0.05) is 0 Å². The molecule has 0 aromatic rings. The third-order valence-corrected chi connectivity index (χ3v) is 7.17. The molecule has 2 aliphatic carbocycles. The summed E-state index contributed by atoms with van der Waals surface area (Å²) in [5.41, 5.74) is 0. The highest BCUT2D eigenvalue weighted by atomic mass is 16.7. The molecule has 4 aliphatic rings. The van der Waals surface area contributed by atoms with Crippen molar-refractivity contribution in [2.24, 2.45) is 17.8 Å². The molecule has 2 saturated carbocycles. The molecule has 0 amide bonds. The summed E-state index contributed by atoms with van der Waals surface area (Å²) in [6.45, 7) is 4.24. The van der Waals surface area contributed by atoms with Gasteiger partial charge >= 0.3 is 0 Å².